The molecule has 0 aliphatic rings. The van der Waals surface area contributed by atoms with Crippen molar-refractivity contribution in [3.05, 3.63) is 59.7 Å². The highest BCUT2D eigenvalue weighted by Crippen LogP contribution is 2.15. The average molecular weight is 361 g/mol. The summed E-state index contributed by atoms with van der Waals surface area (Å²) in [5.74, 6) is 0.734. The van der Waals surface area contributed by atoms with Gasteiger partial charge in [0.2, 0.25) is 15.9 Å². The lowest BCUT2D eigenvalue weighted by Crippen LogP contribution is -2.15. The minimum atomic E-state index is -3.73. The number of hydrogen-bond donors (Lipinski definition) is 2. The lowest BCUT2D eigenvalue weighted by molar-refractivity contribution is -0.113. The van der Waals surface area contributed by atoms with E-state index in [1.165, 1.54) is 36.0 Å². The van der Waals surface area contributed by atoms with Crippen LogP contribution in [0.4, 0.5) is 5.69 Å². The molecule has 6 nitrogen and oxygen atoms in total. The molecule has 0 saturated heterocycles. The summed E-state index contributed by atoms with van der Waals surface area (Å²) in [7, 11) is -3.73. The van der Waals surface area contributed by atoms with Crippen LogP contribution in [-0.4, -0.2) is 20.1 Å². The van der Waals surface area contributed by atoms with Gasteiger partial charge in [-0.15, -0.1) is 11.8 Å². The standard InChI is InChI=1S/C16H15N3O3S2/c17-9-12-1-3-13(4-2-12)10-23-11-16(20)19-14-5-7-15(8-6-14)24(18,21)22/h1-8H,10-11H2,(H,19,20)(H2,18,21,22). The molecule has 0 aliphatic heterocycles. The van der Waals surface area contributed by atoms with E-state index in [9.17, 15) is 13.2 Å². The summed E-state index contributed by atoms with van der Waals surface area (Å²) in [6.45, 7) is 0. The van der Waals surface area contributed by atoms with E-state index >= 15 is 0 Å². The van der Waals surface area contributed by atoms with Crippen LogP contribution >= 0.6 is 11.8 Å². The number of nitrogens with zero attached hydrogens (tertiary/aromatic N) is 1. The Balaban J connectivity index is 1.81. The third-order valence-corrected chi connectivity index (χ3v) is 4.98. The number of nitrogens with two attached hydrogens (primary N) is 1. The lowest BCUT2D eigenvalue weighted by atomic mass is 10.2. The number of thioether (sulfide) groups is 1. The predicted molar refractivity (Wildman–Crippen MR) is 93.8 cm³/mol. The van der Waals surface area contributed by atoms with Gasteiger partial charge < -0.3 is 5.32 Å². The van der Waals surface area contributed by atoms with Gasteiger partial charge in [-0.2, -0.15) is 5.26 Å². The van der Waals surface area contributed by atoms with E-state index in [1.807, 2.05) is 12.1 Å². The maximum absolute atomic E-state index is 11.9. The fourth-order valence-corrected chi connectivity index (χ4v) is 3.17. The van der Waals surface area contributed by atoms with Crippen molar-refractivity contribution in [2.75, 3.05) is 11.1 Å². The van der Waals surface area contributed by atoms with E-state index in [0.29, 0.717) is 17.0 Å². The number of anilines is 1. The molecule has 124 valence electrons. The molecule has 0 heterocycles. The Morgan fingerprint density at radius 2 is 1.75 bits per heavy atom. The smallest absolute Gasteiger partial charge is 0.238 e. The number of hydrogen-bond acceptors (Lipinski definition) is 5. The third-order valence-electron chi connectivity index (χ3n) is 3.05. The Morgan fingerprint density at radius 1 is 1.12 bits per heavy atom. The Bertz CT molecular complexity index is 855. The minimum Gasteiger partial charge on any atom is -0.325 e. The number of nitrogens with one attached hydrogen (secondary N) is 1. The van der Waals surface area contributed by atoms with Crippen LogP contribution in [0.5, 0.6) is 0 Å². The van der Waals surface area contributed by atoms with E-state index in [2.05, 4.69) is 11.4 Å². The molecule has 24 heavy (non-hydrogen) atoms. The molecule has 0 bridgehead atoms. The topological polar surface area (TPSA) is 113 Å². The summed E-state index contributed by atoms with van der Waals surface area (Å²) in [4.78, 5) is 11.9. The van der Waals surface area contributed by atoms with Crippen molar-refractivity contribution < 1.29 is 13.2 Å². The highest BCUT2D eigenvalue weighted by Gasteiger charge is 2.08. The molecule has 0 unspecified atom stereocenters. The van der Waals surface area contributed by atoms with Gasteiger partial charge >= 0.3 is 0 Å². The van der Waals surface area contributed by atoms with Gasteiger partial charge in [0, 0.05) is 11.4 Å². The number of carbonyl (C=O) groups is 1. The van der Waals surface area contributed by atoms with Crippen molar-refractivity contribution >= 4 is 33.4 Å². The summed E-state index contributed by atoms with van der Waals surface area (Å²) < 4.78 is 22.3. The second kappa shape index (κ2) is 7.97. The largest absolute Gasteiger partial charge is 0.325 e. The van der Waals surface area contributed by atoms with Crippen LogP contribution in [-0.2, 0) is 20.6 Å². The zero-order valence-corrected chi connectivity index (χ0v) is 14.2. The predicted octanol–water partition coefficient (Wildman–Crippen LogP) is 2.08. The van der Waals surface area contributed by atoms with Gasteiger partial charge in [-0.3, -0.25) is 4.79 Å². The Labute approximate surface area is 144 Å². The molecule has 2 aromatic rings. The summed E-state index contributed by atoms with van der Waals surface area (Å²) in [6.07, 6.45) is 0. The average Bonchev–Trinajstić information content (AvgIpc) is 2.55. The van der Waals surface area contributed by atoms with Crippen LogP contribution < -0.4 is 10.5 Å². The number of rotatable bonds is 6. The van der Waals surface area contributed by atoms with Crippen molar-refractivity contribution in [2.24, 2.45) is 5.14 Å². The van der Waals surface area contributed by atoms with Gasteiger partial charge in [0.15, 0.2) is 0 Å². The van der Waals surface area contributed by atoms with Crippen LogP contribution in [0, 0.1) is 11.3 Å². The van der Waals surface area contributed by atoms with Gasteiger partial charge in [-0.05, 0) is 42.0 Å². The van der Waals surface area contributed by atoms with E-state index in [1.54, 1.807) is 12.1 Å². The van der Waals surface area contributed by atoms with Crippen LogP contribution in [0.1, 0.15) is 11.1 Å². The molecule has 1 amide bonds. The Morgan fingerprint density at radius 3 is 2.29 bits per heavy atom. The Hall–Kier alpha value is -2.34. The molecule has 0 radical (unpaired) electrons. The normalized spacial score (nSPS) is 10.8. The van der Waals surface area contributed by atoms with Gasteiger partial charge in [0.1, 0.15) is 0 Å². The highest BCUT2D eigenvalue weighted by atomic mass is 32.2. The van der Waals surface area contributed by atoms with E-state index in [0.717, 1.165) is 5.56 Å². The van der Waals surface area contributed by atoms with Crippen LogP contribution in [0.25, 0.3) is 0 Å². The van der Waals surface area contributed by atoms with Gasteiger partial charge in [0.25, 0.3) is 0 Å². The molecule has 2 rings (SSSR count). The first-order chi connectivity index (χ1) is 11.4. The maximum atomic E-state index is 11.9. The Kier molecular flexibility index (Phi) is 5.98. The zero-order chi connectivity index (χ0) is 17.6. The van der Waals surface area contributed by atoms with Crippen molar-refractivity contribution in [3.8, 4) is 6.07 Å². The minimum absolute atomic E-state index is 0.00399. The number of carbonyl (C=O) groups excluding carboxylic acids is 1. The third kappa shape index (κ3) is 5.38. The van der Waals surface area contributed by atoms with Crippen LogP contribution in [0.3, 0.4) is 0 Å². The molecule has 0 aliphatic carbocycles. The number of nitriles is 1. The fourth-order valence-electron chi connectivity index (χ4n) is 1.86. The SMILES string of the molecule is N#Cc1ccc(CSCC(=O)Nc2ccc(S(N)(=O)=O)cc2)cc1. The summed E-state index contributed by atoms with van der Waals surface area (Å²) in [5, 5.41) is 16.4. The number of amides is 1. The zero-order valence-electron chi connectivity index (χ0n) is 12.6. The van der Waals surface area contributed by atoms with Crippen molar-refractivity contribution in [3.63, 3.8) is 0 Å². The molecule has 0 aromatic heterocycles. The van der Waals surface area contributed by atoms with E-state index in [-0.39, 0.29) is 16.6 Å². The highest BCUT2D eigenvalue weighted by molar-refractivity contribution is 7.99. The molecule has 0 fully saturated rings. The fraction of sp³-hybridized carbons (Fsp3) is 0.125. The van der Waals surface area contributed by atoms with Crippen molar-refractivity contribution in [1.29, 1.82) is 5.26 Å². The van der Waals surface area contributed by atoms with Crippen molar-refractivity contribution in [2.45, 2.75) is 10.6 Å². The van der Waals surface area contributed by atoms with Crippen LogP contribution in [0.2, 0.25) is 0 Å². The van der Waals surface area contributed by atoms with Crippen molar-refractivity contribution in [1.82, 2.24) is 0 Å². The summed E-state index contributed by atoms with van der Waals surface area (Å²) in [5.41, 5.74) is 2.14. The number of benzene rings is 2. The lowest BCUT2D eigenvalue weighted by Gasteiger charge is -2.06. The second-order valence-corrected chi connectivity index (χ2v) is 7.47. The first kappa shape index (κ1) is 18.0. The first-order valence-electron chi connectivity index (χ1n) is 6.88. The number of sulfonamides is 1. The van der Waals surface area contributed by atoms with Crippen LogP contribution in [0.15, 0.2) is 53.4 Å². The first-order valence-corrected chi connectivity index (χ1v) is 9.58. The van der Waals surface area contributed by atoms with E-state index in [4.69, 9.17) is 10.4 Å². The molecular formula is C16H15N3O3S2. The molecule has 8 heteroatoms. The second-order valence-electron chi connectivity index (χ2n) is 4.92. The van der Waals surface area contributed by atoms with Gasteiger partial charge in [-0.1, -0.05) is 12.1 Å². The quantitative estimate of drug-likeness (QED) is 0.818. The molecule has 0 saturated carbocycles. The molecule has 2 aromatic carbocycles. The molecule has 0 atom stereocenters. The maximum Gasteiger partial charge on any atom is 0.238 e. The summed E-state index contributed by atoms with van der Waals surface area (Å²) >= 11 is 1.44. The molecule has 0 spiro atoms. The number of primary sulfonamides is 1. The monoisotopic (exact) mass is 361 g/mol. The van der Waals surface area contributed by atoms with E-state index < -0.39 is 10.0 Å². The summed E-state index contributed by atoms with van der Waals surface area (Å²) in [6, 6.07) is 14.9. The van der Waals surface area contributed by atoms with Gasteiger partial charge in [-0.25, -0.2) is 13.6 Å². The molecule has 3 N–H and O–H groups in total. The van der Waals surface area contributed by atoms with Gasteiger partial charge in [0.05, 0.1) is 22.3 Å². The molecular weight excluding hydrogens is 346 g/mol.